The van der Waals surface area contributed by atoms with Gasteiger partial charge >= 0.3 is 5.97 Å². The van der Waals surface area contributed by atoms with Crippen molar-refractivity contribution in [2.45, 2.75) is 52.2 Å². The van der Waals surface area contributed by atoms with Crippen LogP contribution in [0.5, 0.6) is 5.75 Å². The molecule has 1 aromatic carbocycles. The molecular weight excluding hydrogens is 450 g/mol. The fraction of sp³-hybridized carbons (Fsp3) is 0.333. The molecular formula is C24H24ClNO5S. The molecule has 1 aliphatic carbocycles. The van der Waals surface area contributed by atoms with Crippen LogP contribution < -0.4 is 10.1 Å². The molecule has 8 heteroatoms. The van der Waals surface area contributed by atoms with E-state index in [-0.39, 0.29) is 18.5 Å². The van der Waals surface area contributed by atoms with Gasteiger partial charge in [0.05, 0.1) is 11.7 Å². The van der Waals surface area contributed by atoms with Crippen molar-refractivity contribution in [1.82, 2.24) is 0 Å². The quantitative estimate of drug-likeness (QED) is 0.409. The average Bonchev–Trinajstić information content (AvgIpc) is 3.37. The first-order chi connectivity index (χ1) is 15.4. The summed E-state index contributed by atoms with van der Waals surface area (Å²) in [6, 6.07) is 10.3. The highest BCUT2D eigenvalue weighted by molar-refractivity contribution is 7.17. The third-order valence-corrected chi connectivity index (χ3v) is 6.48. The van der Waals surface area contributed by atoms with E-state index >= 15 is 0 Å². The van der Waals surface area contributed by atoms with Crippen LogP contribution in [0.1, 0.15) is 63.8 Å². The standard InChI is InChI=1S/C24H24ClNO5S/c1-14(2)30-24(28)21-18-5-3-4-6-20(18)32-23(21)26-22(27)19-12-11-17(31-19)13-29-16-9-7-15(25)8-10-16/h7-12,14H,3-6,13H2,1-2H3,(H,26,27). The summed E-state index contributed by atoms with van der Waals surface area (Å²) in [4.78, 5) is 26.7. The number of amides is 1. The van der Waals surface area contributed by atoms with Gasteiger partial charge < -0.3 is 19.2 Å². The summed E-state index contributed by atoms with van der Waals surface area (Å²) in [5.74, 6) is 0.490. The van der Waals surface area contributed by atoms with Crippen molar-refractivity contribution in [3.8, 4) is 5.75 Å². The molecule has 2 heterocycles. The van der Waals surface area contributed by atoms with Crippen molar-refractivity contribution in [2.75, 3.05) is 5.32 Å². The summed E-state index contributed by atoms with van der Waals surface area (Å²) in [6.07, 6.45) is 3.59. The van der Waals surface area contributed by atoms with Gasteiger partial charge in [-0.3, -0.25) is 4.79 Å². The van der Waals surface area contributed by atoms with Crippen molar-refractivity contribution in [2.24, 2.45) is 0 Å². The molecule has 0 fully saturated rings. The fourth-order valence-corrected chi connectivity index (χ4v) is 4.97. The molecule has 0 atom stereocenters. The molecule has 6 nitrogen and oxygen atoms in total. The number of rotatable bonds is 7. The Bertz CT molecular complexity index is 1120. The molecule has 0 spiro atoms. The Labute approximate surface area is 195 Å². The molecule has 0 radical (unpaired) electrons. The second kappa shape index (κ2) is 9.79. The van der Waals surface area contributed by atoms with Crippen molar-refractivity contribution < 1.29 is 23.5 Å². The number of fused-ring (bicyclic) bond motifs is 1. The molecule has 0 aliphatic heterocycles. The van der Waals surface area contributed by atoms with Crippen LogP contribution in [-0.2, 0) is 24.2 Å². The number of thiophene rings is 1. The summed E-state index contributed by atoms with van der Waals surface area (Å²) in [5, 5.41) is 4.00. The number of carbonyl (C=O) groups excluding carboxylic acids is 2. The van der Waals surface area contributed by atoms with Crippen molar-refractivity contribution >= 4 is 39.8 Å². The Hall–Kier alpha value is -2.77. The lowest BCUT2D eigenvalue weighted by Crippen LogP contribution is -2.17. The Balaban J connectivity index is 1.47. The maximum absolute atomic E-state index is 12.8. The van der Waals surface area contributed by atoms with E-state index in [0.717, 1.165) is 36.1 Å². The van der Waals surface area contributed by atoms with E-state index in [1.165, 1.54) is 11.3 Å². The monoisotopic (exact) mass is 473 g/mol. The van der Waals surface area contributed by atoms with Gasteiger partial charge in [0.2, 0.25) is 0 Å². The molecule has 0 saturated carbocycles. The number of benzene rings is 1. The summed E-state index contributed by atoms with van der Waals surface area (Å²) in [6.45, 7) is 3.80. The number of ether oxygens (including phenoxy) is 2. The van der Waals surface area contributed by atoms with Crippen LogP contribution in [0.3, 0.4) is 0 Å². The van der Waals surface area contributed by atoms with Gasteiger partial charge in [-0.2, -0.15) is 0 Å². The van der Waals surface area contributed by atoms with Crippen LogP contribution in [0, 0.1) is 0 Å². The second-order valence-corrected chi connectivity index (χ2v) is 9.37. The maximum atomic E-state index is 12.8. The lowest BCUT2D eigenvalue weighted by atomic mass is 9.95. The summed E-state index contributed by atoms with van der Waals surface area (Å²) in [5.41, 5.74) is 1.48. The van der Waals surface area contributed by atoms with E-state index in [2.05, 4.69) is 5.32 Å². The zero-order chi connectivity index (χ0) is 22.7. The molecule has 0 unspecified atom stereocenters. The van der Waals surface area contributed by atoms with Crippen LogP contribution in [0.2, 0.25) is 5.02 Å². The predicted octanol–water partition coefficient (Wildman–Crippen LogP) is 6.27. The Morgan fingerprint density at radius 1 is 1.12 bits per heavy atom. The molecule has 3 aromatic rings. The van der Waals surface area contributed by atoms with Crippen LogP contribution in [0.4, 0.5) is 5.00 Å². The highest BCUT2D eigenvalue weighted by atomic mass is 35.5. The average molecular weight is 474 g/mol. The first-order valence-electron chi connectivity index (χ1n) is 10.5. The van der Waals surface area contributed by atoms with Gasteiger partial charge in [-0.25, -0.2) is 4.79 Å². The second-order valence-electron chi connectivity index (χ2n) is 7.83. The predicted molar refractivity (Wildman–Crippen MR) is 124 cm³/mol. The van der Waals surface area contributed by atoms with E-state index in [9.17, 15) is 9.59 Å². The van der Waals surface area contributed by atoms with Gasteiger partial charge in [0.15, 0.2) is 5.76 Å². The van der Waals surface area contributed by atoms with Gasteiger partial charge in [-0.15, -0.1) is 11.3 Å². The molecule has 1 aliphatic rings. The molecule has 1 N–H and O–H groups in total. The molecule has 2 aromatic heterocycles. The third-order valence-electron chi connectivity index (χ3n) is 5.03. The van der Waals surface area contributed by atoms with Crippen LogP contribution in [0.25, 0.3) is 0 Å². The SMILES string of the molecule is CC(C)OC(=O)c1c(NC(=O)c2ccc(COc3ccc(Cl)cc3)o2)sc2c1CCCC2. The topological polar surface area (TPSA) is 77.8 Å². The number of hydrogen-bond acceptors (Lipinski definition) is 6. The largest absolute Gasteiger partial charge is 0.486 e. The molecule has 1 amide bonds. The van der Waals surface area contributed by atoms with Crippen LogP contribution in [0.15, 0.2) is 40.8 Å². The summed E-state index contributed by atoms with van der Waals surface area (Å²) < 4.78 is 16.8. The highest BCUT2D eigenvalue weighted by Gasteiger charge is 2.28. The Morgan fingerprint density at radius 3 is 2.62 bits per heavy atom. The van der Waals surface area contributed by atoms with Crippen LogP contribution in [-0.4, -0.2) is 18.0 Å². The normalized spacial score (nSPS) is 13.0. The van der Waals surface area contributed by atoms with Crippen molar-refractivity contribution in [3.05, 3.63) is 68.9 Å². The maximum Gasteiger partial charge on any atom is 0.341 e. The zero-order valence-electron chi connectivity index (χ0n) is 17.9. The number of halogens is 1. The smallest absolute Gasteiger partial charge is 0.341 e. The molecule has 4 rings (SSSR count). The van der Waals surface area contributed by atoms with E-state index < -0.39 is 11.9 Å². The highest BCUT2D eigenvalue weighted by Crippen LogP contribution is 2.39. The van der Waals surface area contributed by atoms with E-state index in [0.29, 0.717) is 27.1 Å². The Morgan fingerprint density at radius 2 is 1.88 bits per heavy atom. The lowest BCUT2D eigenvalue weighted by Gasteiger charge is -2.14. The lowest BCUT2D eigenvalue weighted by molar-refractivity contribution is 0.0378. The molecule has 168 valence electrons. The minimum Gasteiger partial charge on any atom is -0.486 e. The molecule has 0 saturated heterocycles. The first-order valence-corrected chi connectivity index (χ1v) is 11.7. The fourth-order valence-electron chi connectivity index (χ4n) is 3.57. The zero-order valence-corrected chi connectivity index (χ0v) is 19.5. The van der Waals surface area contributed by atoms with E-state index in [4.69, 9.17) is 25.5 Å². The minimum atomic E-state index is -0.417. The Kier molecular flexibility index (Phi) is 6.86. The number of nitrogens with one attached hydrogen (secondary N) is 1. The van der Waals surface area contributed by atoms with Crippen molar-refractivity contribution in [1.29, 1.82) is 0 Å². The summed E-state index contributed by atoms with van der Waals surface area (Å²) in [7, 11) is 0. The molecule has 32 heavy (non-hydrogen) atoms. The van der Waals surface area contributed by atoms with Crippen molar-refractivity contribution in [3.63, 3.8) is 0 Å². The number of carbonyl (C=O) groups is 2. The third kappa shape index (κ3) is 5.16. The number of esters is 1. The van der Waals surface area contributed by atoms with Gasteiger partial charge in [-0.05, 0) is 81.5 Å². The van der Waals surface area contributed by atoms with Crippen LogP contribution >= 0.6 is 22.9 Å². The van der Waals surface area contributed by atoms with Gasteiger partial charge in [0.25, 0.3) is 5.91 Å². The molecule has 0 bridgehead atoms. The van der Waals surface area contributed by atoms with Gasteiger partial charge in [0.1, 0.15) is 23.1 Å². The van der Waals surface area contributed by atoms with Gasteiger partial charge in [0, 0.05) is 9.90 Å². The van der Waals surface area contributed by atoms with E-state index in [1.807, 2.05) is 13.8 Å². The number of hydrogen-bond donors (Lipinski definition) is 1. The number of furan rings is 1. The van der Waals surface area contributed by atoms with E-state index in [1.54, 1.807) is 36.4 Å². The number of anilines is 1. The number of aryl methyl sites for hydroxylation is 1. The summed E-state index contributed by atoms with van der Waals surface area (Å²) >= 11 is 7.32. The first kappa shape index (κ1) is 22.4. The minimum absolute atomic E-state index is 0.147. The van der Waals surface area contributed by atoms with Gasteiger partial charge in [-0.1, -0.05) is 11.6 Å².